The molecule has 0 bridgehead atoms. The van der Waals surface area contributed by atoms with Crippen molar-refractivity contribution in [3.8, 4) is 5.75 Å². The zero-order chi connectivity index (χ0) is 12.3. The summed E-state index contributed by atoms with van der Waals surface area (Å²) in [6.07, 6.45) is 4.21. The number of fused-ring (bicyclic) bond motifs is 1. The maximum Gasteiger partial charge on any atom is 0.344 e. The Morgan fingerprint density at radius 3 is 2.88 bits per heavy atom. The van der Waals surface area contributed by atoms with Crippen molar-refractivity contribution < 1.29 is 14.6 Å². The van der Waals surface area contributed by atoms with E-state index in [1.54, 1.807) is 0 Å². The molecule has 0 saturated carbocycles. The molecule has 2 rings (SSSR count). The minimum atomic E-state index is -0.888. The fourth-order valence-electron chi connectivity index (χ4n) is 2.32. The number of hydrogen-bond acceptors (Lipinski definition) is 2. The van der Waals surface area contributed by atoms with E-state index in [4.69, 9.17) is 9.84 Å². The van der Waals surface area contributed by atoms with Gasteiger partial charge in [-0.25, -0.2) is 4.79 Å². The van der Waals surface area contributed by atoms with E-state index in [1.807, 2.05) is 19.1 Å². The van der Waals surface area contributed by atoms with Crippen molar-refractivity contribution >= 4 is 5.97 Å². The van der Waals surface area contributed by atoms with E-state index in [0.717, 1.165) is 25.0 Å². The van der Waals surface area contributed by atoms with Gasteiger partial charge in [-0.2, -0.15) is 0 Å². The number of ether oxygens (including phenoxy) is 1. The van der Waals surface area contributed by atoms with Crippen molar-refractivity contribution in [2.75, 3.05) is 0 Å². The predicted octanol–water partition coefficient (Wildman–Crippen LogP) is 2.81. The summed E-state index contributed by atoms with van der Waals surface area (Å²) >= 11 is 0. The number of carboxylic acids is 1. The Morgan fingerprint density at radius 1 is 1.41 bits per heavy atom. The third kappa shape index (κ3) is 2.60. The largest absolute Gasteiger partial charge is 0.479 e. The fraction of sp³-hybridized carbons (Fsp3) is 0.500. The molecule has 1 aliphatic rings. The molecule has 0 saturated heterocycles. The van der Waals surface area contributed by atoms with Crippen LogP contribution in [0.15, 0.2) is 18.2 Å². The van der Waals surface area contributed by atoms with Crippen LogP contribution >= 0.6 is 0 Å². The van der Waals surface area contributed by atoms with Crippen molar-refractivity contribution in [2.24, 2.45) is 0 Å². The van der Waals surface area contributed by atoms with Crippen molar-refractivity contribution in [1.29, 1.82) is 0 Å². The standard InChI is InChI=1S/C14H18O3/c1-2-12(14(15)16)17-13-9-5-7-10-6-3-4-8-11(10)13/h5,7,9,12H,2-4,6,8H2,1H3,(H,15,16)/t12-/m1/s1. The first-order valence-corrected chi connectivity index (χ1v) is 6.22. The number of hydrogen-bond donors (Lipinski definition) is 1. The molecular weight excluding hydrogens is 216 g/mol. The maximum absolute atomic E-state index is 11.0. The van der Waals surface area contributed by atoms with E-state index in [1.165, 1.54) is 17.5 Å². The van der Waals surface area contributed by atoms with Crippen molar-refractivity contribution in [2.45, 2.75) is 45.1 Å². The summed E-state index contributed by atoms with van der Waals surface area (Å²) in [6, 6.07) is 5.95. The lowest BCUT2D eigenvalue weighted by Crippen LogP contribution is -2.26. The van der Waals surface area contributed by atoms with Gasteiger partial charge in [0.05, 0.1) is 0 Å². The lowest BCUT2D eigenvalue weighted by Gasteiger charge is -2.21. The summed E-state index contributed by atoms with van der Waals surface area (Å²) in [4.78, 5) is 11.0. The third-order valence-corrected chi connectivity index (χ3v) is 3.27. The highest BCUT2D eigenvalue weighted by Gasteiger charge is 2.20. The Bertz CT molecular complexity index is 412. The van der Waals surface area contributed by atoms with Crippen LogP contribution < -0.4 is 4.74 Å². The van der Waals surface area contributed by atoms with E-state index >= 15 is 0 Å². The van der Waals surface area contributed by atoms with Gasteiger partial charge in [-0.15, -0.1) is 0 Å². The van der Waals surface area contributed by atoms with Crippen LogP contribution in [0.5, 0.6) is 5.75 Å². The van der Waals surface area contributed by atoms with Crippen molar-refractivity contribution in [1.82, 2.24) is 0 Å². The number of carbonyl (C=O) groups is 1. The summed E-state index contributed by atoms with van der Waals surface area (Å²) < 4.78 is 5.62. The van der Waals surface area contributed by atoms with Crippen LogP contribution in [0.1, 0.15) is 37.3 Å². The molecule has 1 aromatic rings. The average molecular weight is 234 g/mol. The molecule has 3 nitrogen and oxygen atoms in total. The molecule has 3 heteroatoms. The molecule has 92 valence electrons. The molecule has 0 heterocycles. The summed E-state index contributed by atoms with van der Waals surface area (Å²) in [5.74, 6) is -0.127. The van der Waals surface area contributed by atoms with Crippen LogP contribution in [-0.4, -0.2) is 17.2 Å². The first kappa shape index (κ1) is 12.0. The zero-order valence-corrected chi connectivity index (χ0v) is 10.1. The number of aliphatic carboxylic acids is 1. The molecule has 1 aromatic carbocycles. The topological polar surface area (TPSA) is 46.5 Å². The van der Waals surface area contributed by atoms with Crippen molar-refractivity contribution in [3.63, 3.8) is 0 Å². The van der Waals surface area contributed by atoms with Crippen LogP contribution in [0.4, 0.5) is 0 Å². The van der Waals surface area contributed by atoms with Gasteiger partial charge in [0.1, 0.15) is 5.75 Å². The lowest BCUT2D eigenvalue weighted by molar-refractivity contribution is -0.145. The Hall–Kier alpha value is -1.51. The van der Waals surface area contributed by atoms with Crippen molar-refractivity contribution in [3.05, 3.63) is 29.3 Å². The monoisotopic (exact) mass is 234 g/mol. The molecule has 0 spiro atoms. The highest BCUT2D eigenvalue weighted by Crippen LogP contribution is 2.30. The minimum Gasteiger partial charge on any atom is -0.479 e. The Kier molecular flexibility index (Phi) is 3.67. The van der Waals surface area contributed by atoms with Gasteiger partial charge in [-0.3, -0.25) is 0 Å². The molecule has 0 radical (unpaired) electrons. The number of aryl methyl sites for hydroxylation is 1. The molecule has 0 amide bonds. The van der Waals surface area contributed by atoms with Crippen LogP contribution in [0.25, 0.3) is 0 Å². The Labute approximate surface area is 101 Å². The third-order valence-electron chi connectivity index (χ3n) is 3.27. The molecule has 0 aliphatic heterocycles. The second-order valence-corrected chi connectivity index (χ2v) is 4.45. The molecule has 1 atom stereocenters. The van der Waals surface area contributed by atoms with Gasteiger partial charge in [-0.1, -0.05) is 19.1 Å². The van der Waals surface area contributed by atoms with Crippen LogP contribution in [0.3, 0.4) is 0 Å². The number of benzene rings is 1. The Balaban J connectivity index is 2.23. The van der Waals surface area contributed by atoms with E-state index in [2.05, 4.69) is 6.07 Å². The predicted molar refractivity (Wildman–Crippen MR) is 65.4 cm³/mol. The molecule has 1 aliphatic carbocycles. The normalized spacial score (nSPS) is 16.1. The molecular formula is C14H18O3. The Morgan fingerprint density at radius 2 is 2.18 bits per heavy atom. The summed E-state index contributed by atoms with van der Waals surface area (Å²) in [5.41, 5.74) is 2.52. The number of rotatable bonds is 4. The zero-order valence-electron chi connectivity index (χ0n) is 10.1. The minimum absolute atomic E-state index is 0.485. The first-order chi connectivity index (χ1) is 8.22. The molecule has 0 unspecified atom stereocenters. The summed E-state index contributed by atoms with van der Waals surface area (Å²) in [7, 11) is 0. The smallest absolute Gasteiger partial charge is 0.344 e. The summed E-state index contributed by atoms with van der Waals surface area (Å²) in [5, 5.41) is 9.01. The first-order valence-electron chi connectivity index (χ1n) is 6.22. The maximum atomic E-state index is 11.0. The second-order valence-electron chi connectivity index (χ2n) is 4.45. The van der Waals surface area contributed by atoms with E-state index in [0.29, 0.717) is 6.42 Å². The van der Waals surface area contributed by atoms with Gasteiger partial charge in [0, 0.05) is 0 Å². The molecule has 1 N–H and O–H groups in total. The molecule has 0 fully saturated rings. The SMILES string of the molecule is CC[C@@H](Oc1cccc2c1CCCC2)C(=O)O. The van der Waals surface area contributed by atoms with Gasteiger partial charge >= 0.3 is 5.97 Å². The fourth-order valence-corrected chi connectivity index (χ4v) is 2.32. The quantitative estimate of drug-likeness (QED) is 0.871. The molecule has 0 aromatic heterocycles. The van der Waals surface area contributed by atoms with Crippen LogP contribution in [0.2, 0.25) is 0 Å². The summed E-state index contributed by atoms with van der Waals surface area (Å²) in [6.45, 7) is 1.83. The van der Waals surface area contributed by atoms with Gasteiger partial charge < -0.3 is 9.84 Å². The van der Waals surface area contributed by atoms with E-state index < -0.39 is 12.1 Å². The highest BCUT2D eigenvalue weighted by atomic mass is 16.5. The lowest BCUT2D eigenvalue weighted by atomic mass is 9.91. The van der Waals surface area contributed by atoms with Gasteiger partial charge in [-0.05, 0) is 49.3 Å². The van der Waals surface area contributed by atoms with Gasteiger partial charge in [0.2, 0.25) is 0 Å². The number of carboxylic acid groups (broad SMARTS) is 1. The van der Waals surface area contributed by atoms with E-state index in [-0.39, 0.29) is 0 Å². The van der Waals surface area contributed by atoms with Crippen LogP contribution in [0, 0.1) is 0 Å². The van der Waals surface area contributed by atoms with Gasteiger partial charge in [0.15, 0.2) is 6.10 Å². The van der Waals surface area contributed by atoms with Gasteiger partial charge in [0.25, 0.3) is 0 Å². The second kappa shape index (κ2) is 5.21. The average Bonchev–Trinajstić information content (AvgIpc) is 2.35. The van der Waals surface area contributed by atoms with Crippen LogP contribution in [-0.2, 0) is 17.6 Å². The van der Waals surface area contributed by atoms with E-state index in [9.17, 15) is 4.79 Å². The molecule has 17 heavy (non-hydrogen) atoms. The highest BCUT2D eigenvalue weighted by molar-refractivity contribution is 5.72.